The minimum absolute atomic E-state index is 0.0425. The third-order valence-electron chi connectivity index (χ3n) is 2.97. The van der Waals surface area contributed by atoms with Crippen molar-refractivity contribution in [3.8, 4) is 22.0 Å². The van der Waals surface area contributed by atoms with Gasteiger partial charge in [-0.15, -0.1) is 11.3 Å². The third-order valence-corrected chi connectivity index (χ3v) is 4.06. The van der Waals surface area contributed by atoms with Crippen LogP contribution in [0.15, 0.2) is 42.9 Å². The number of aromatic carboxylic acids is 2. The average Bonchev–Trinajstić information content (AvgIpc) is 3.05. The number of carboxylic acids is 2. The van der Waals surface area contributed by atoms with E-state index in [1.54, 1.807) is 6.07 Å². The molecule has 2 N–H and O–H groups in total. The molecule has 0 fully saturated rings. The Morgan fingerprint density at radius 2 is 1.74 bits per heavy atom. The lowest BCUT2D eigenvalue weighted by Crippen LogP contribution is -2.00. The summed E-state index contributed by atoms with van der Waals surface area (Å²) in [6, 6.07) is 5.86. The number of rotatable bonds is 4. The van der Waals surface area contributed by atoms with Crippen molar-refractivity contribution in [3.63, 3.8) is 0 Å². The lowest BCUT2D eigenvalue weighted by Gasteiger charge is -2.05. The SMILES string of the molecule is O=C(O)c1cc(-c2cnccn2)nc(-c2ccc(C(=O)O)s2)c1. The van der Waals surface area contributed by atoms with Crippen molar-refractivity contribution in [1.29, 1.82) is 0 Å². The Kier molecular flexibility index (Phi) is 3.82. The zero-order valence-electron chi connectivity index (χ0n) is 11.5. The molecule has 7 nitrogen and oxygen atoms in total. The Morgan fingerprint density at radius 1 is 0.957 bits per heavy atom. The number of hydrogen-bond acceptors (Lipinski definition) is 6. The van der Waals surface area contributed by atoms with E-state index < -0.39 is 11.9 Å². The first-order chi connectivity index (χ1) is 11.0. The van der Waals surface area contributed by atoms with Crippen molar-refractivity contribution in [3.05, 3.63) is 53.3 Å². The number of pyridine rings is 1. The molecule has 0 aliphatic carbocycles. The van der Waals surface area contributed by atoms with Crippen LogP contribution in [0, 0.1) is 0 Å². The summed E-state index contributed by atoms with van der Waals surface area (Å²) in [7, 11) is 0. The van der Waals surface area contributed by atoms with Gasteiger partial charge in [-0.3, -0.25) is 9.97 Å². The van der Waals surface area contributed by atoms with E-state index in [1.807, 2.05) is 0 Å². The second-order valence-corrected chi connectivity index (χ2v) is 5.57. The zero-order valence-corrected chi connectivity index (χ0v) is 12.3. The highest BCUT2D eigenvalue weighted by molar-refractivity contribution is 7.17. The fourth-order valence-electron chi connectivity index (χ4n) is 1.93. The van der Waals surface area contributed by atoms with Crippen LogP contribution in [0.25, 0.3) is 22.0 Å². The molecule has 3 aromatic rings. The zero-order chi connectivity index (χ0) is 16.4. The molecule has 0 unspecified atom stereocenters. The molecule has 0 radical (unpaired) electrons. The number of nitrogens with zero attached hydrogens (tertiary/aromatic N) is 3. The Labute approximate surface area is 133 Å². The third kappa shape index (κ3) is 3.06. The van der Waals surface area contributed by atoms with Crippen LogP contribution in [0.4, 0.5) is 0 Å². The lowest BCUT2D eigenvalue weighted by molar-refractivity contribution is 0.0688. The van der Waals surface area contributed by atoms with E-state index >= 15 is 0 Å². The van der Waals surface area contributed by atoms with Crippen LogP contribution in [0.5, 0.6) is 0 Å². The van der Waals surface area contributed by atoms with Gasteiger partial charge >= 0.3 is 11.9 Å². The number of thiophene rings is 1. The Hall–Kier alpha value is -3.13. The van der Waals surface area contributed by atoms with E-state index in [4.69, 9.17) is 5.11 Å². The van der Waals surface area contributed by atoms with Crippen LogP contribution in [0.1, 0.15) is 20.0 Å². The van der Waals surface area contributed by atoms with Crippen molar-refractivity contribution in [2.75, 3.05) is 0 Å². The van der Waals surface area contributed by atoms with E-state index in [-0.39, 0.29) is 10.4 Å². The van der Waals surface area contributed by atoms with Gasteiger partial charge in [-0.25, -0.2) is 14.6 Å². The average molecular weight is 327 g/mol. The Bertz CT molecular complexity index is 893. The molecule has 0 saturated heterocycles. The molecule has 3 heterocycles. The van der Waals surface area contributed by atoms with Crippen molar-refractivity contribution >= 4 is 23.3 Å². The predicted molar refractivity (Wildman–Crippen MR) is 82.5 cm³/mol. The number of hydrogen-bond donors (Lipinski definition) is 2. The van der Waals surface area contributed by atoms with Gasteiger partial charge < -0.3 is 10.2 Å². The van der Waals surface area contributed by atoms with Crippen molar-refractivity contribution in [1.82, 2.24) is 15.0 Å². The van der Waals surface area contributed by atoms with Crippen molar-refractivity contribution in [2.45, 2.75) is 0 Å². The van der Waals surface area contributed by atoms with Gasteiger partial charge in [0.1, 0.15) is 10.6 Å². The Balaban J connectivity index is 2.14. The monoisotopic (exact) mass is 327 g/mol. The van der Waals surface area contributed by atoms with Gasteiger partial charge in [-0.1, -0.05) is 0 Å². The second-order valence-electron chi connectivity index (χ2n) is 4.49. The second kappa shape index (κ2) is 5.93. The number of aromatic nitrogens is 3. The first kappa shape index (κ1) is 14.8. The quantitative estimate of drug-likeness (QED) is 0.757. The lowest BCUT2D eigenvalue weighted by atomic mass is 10.1. The molecule has 0 bridgehead atoms. The van der Waals surface area contributed by atoms with E-state index in [2.05, 4.69) is 15.0 Å². The van der Waals surface area contributed by atoms with Crippen LogP contribution in [0.3, 0.4) is 0 Å². The summed E-state index contributed by atoms with van der Waals surface area (Å²) in [4.78, 5) is 35.5. The first-order valence-electron chi connectivity index (χ1n) is 6.40. The molecule has 0 saturated carbocycles. The molecular formula is C15H9N3O4S. The minimum Gasteiger partial charge on any atom is -0.478 e. The fourth-order valence-corrected chi connectivity index (χ4v) is 2.74. The van der Waals surface area contributed by atoms with Gasteiger partial charge in [0.05, 0.1) is 28.0 Å². The maximum Gasteiger partial charge on any atom is 0.345 e. The maximum atomic E-state index is 11.3. The summed E-state index contributed by atoms with van der Waals surface area (Å²) in [5.41, 5.74) is 1.22. The highest BCUT2D eigenvalue weighted by Gasteiger charge is 2.15. The molecule has 0 aromatic carbocycles. The molecule has 3 rings (SSSR count). The van der Waals surface area contributed by atoms with Gasteiger partial charge in [0.15, 0.2) is 0 Å². The first-order valence-corrected chi connectivity index (χ1v) is 7.21. The molecule has 0 aliphatic heterocycles. The highest BCUT2D eigenvalue weighted by atomic mass is 32.1. The summed E-state index contributed by atoms with van der Waals surface area (Å²) in [5, 5.41) is 18.3. The molecule has 8 heteroatoms. The van der Waals surface area contributed by atoms with Gasteiger partial charge in [0.2, 0.25) is 0 Å². The summed E-state index contributed by atoms with van der Waals surface area (Å²) >= 11 is 1.03. The van der Waals surface area contributed by atoms with Crippen LogP contribution in [0.2, 0.25) is 0 Å². The van der Waals surface area contributed by atoms with E-state index in [0.29, 0.717) is 22.0 Å². The van der Waals surface area contributed by atoms with Gasteiger partial charge in [-0.05, 0) is 24.3 Å². The summed E-state index contributed by atoms with van der Waals surface area (Å²) in [6.07, 6.45) is 4.47. The molecule has 0 spiro atoms. The van der Waals surface area contributed by atoms with Crippen LogP contribution < -0.4 is 0 Å². The topological polar surface area (TPSA) is 113 Å². The molecule has 0 atom stereocenters. The van der Waals surface area contributed by atoms with Gasteiger partial charge in [-0.2, -0.15) is 0 Å². The molecule has 0 aliphatic rings. The van der Waals surface area contributed by atoms with Crippen LogP contribution in [-0.4, -0.2) is 37.1 Å². The van der Waals surface area contributed by atoms with Gasteiger partial charge in [0, 0.05) is 12.4 Å². The molecule has 0 amide bonds. The van der Waals surface area contributed by atoms with Crippen LogP contribution >= 0.6 is 11.3 Å². The normalized spacial score (nSPS) is 10.4. The summed E-state index contributed by atoms with van der Waals surface area (Å²) in [6.45, 7) is 0. The van der Waals surface area contributed by atoms with Crippen LogP contribution in [-0.2, 0) is 0 Å². The fraction of sp³-hybridized carbons (Fsp3) is 0. The Morgan fingerprint density at radius 3 is 2.35 bits per heavy atom. The molecule has 3 aromatic heterocycles. The van der Waals surface area contributed by atoms with Gasteiger partial charge in [0.25, 0.3) is 0 Å². The smallest absolute Gasteiger partial charge is 0.345 e. The maximum absolute atomic E-state index is 11.3. The highest BCUT2D eigenvalue weighted by Crippen LogP contribution is 2.29. The number of carbonyl (C=O) groups is 2. The molecule has 23 heavy (non-hydrogen) atoms. The van der Waals surface area contributed by atoms with E-state index in [0.717, 1.165) is 11.3 Å². The van der Waals surface area contributed by atoms with E-state index in [9.17, 15) is 14.7 Å². The summed E-state index contributed by atoms with van der Waals surface area (Å²) < 4.78 is 0. The standard InChI is InChI=1S/C15H9N3O4S/c19-14(20)8-5-9(11-7-16-3-4-17-11)18-10(6-8)12-1-2-13(23-12)15(21)22/h1-7H,(H,19,20)(H,21,22). The minimum atomic E-state index is -1.10. The predicted octanol–water partition coefficient (Wildman–Crippen LogP) is 2.66. The van der Waals surface area contributed by atoms with Crippen molar-refractivity contribution in [2.24, 2.45) is 0 Å². The van der Waals surface area contributed by atoms with Crippen molar-refractivity contribution < 1.29 is 19.8 Å². The summed E-state index contributed by atoms with van der Waals surface area (Å²) in [5.74, 6) is -2.14. The number of carboxylic acid groups (broad SMARTS) is 2. The molecule has 114 valence electrons. The molecular weight excluding hydrogens is 318 g/mol. The largest absolute Gasteiger partial charge is 0.478 e. The van der Waals surface area contributed by atoms with E-state index in [1.165, 1.54) is 36.8 Å².